The second kappa shape index (κ2) is 5.83. The molecule has 0 aliphatic carbocycles. The van der Waals surface area contributed by atoms with E-state index in [2.05, 4.69) is 26.2 Å². The summed E-state index contributed by atoms with van der Waals surface area (Å²) in [6, 6.07) is 9.83. The lowest BCUT2D eigenvalue weighted by molar-refractivity contribution is 0.102. The van der Waals surface area contributed by atoms with Gasteiger partial charge in [-0.25, -0.2) is 4.98 Å². The number of nitriles is 1. The summed E-state index contributed by atoms with van der Waals surface area (Å²) in [6.45, 7) is 0. The van der Waals surface area contributed by atoms with Crippen LogP contribution in [0.1, 0.15) is 15.9 Å². The van der Waals surface area contributed by atoms with Gasteiger partial charge in [0.05, 0.1) is 22.2 Å². The van der Waals surface area contributed by atoms with Crippen molar-refractivity contribution in [2.75, 3.05) is 5.32 Å². The van der Waals surface area contributed by atoms with Crippen molar-refractivity contribution in [2.24, 2.45) is 0 Å². The number of pyridine rings is 1. The van der Waals surface area contributed by atoms with Gasteiger partial charge in [0.1, 0.15) is 4.60 Å². The molecule has 0 unspecified atom stereocenters. The maximum Gasteiger partial charge on any atom is 0.257 e. The van der Waals surface area contributed by atoms with Crippen LogP contribution in [-0.4, -0.2) is 10.9 Å². The zero-order valence-corrected chi connectivity index (χ0v) is 11.9. The Bertz CT molecular complexity index is 682. The highest BCUT2D eigenvalue weighted by molar-refractivity contribution is 9.10. The smallest absolute Gasteiger partial charge is 0.257 e. The first-order valence-electron chi connectivity index (χ1n) is 5.22. The molecule has 0 aliphatic heterocycles. The molecule has 0 bridgehead atoms. The van der Waals surface area contributed by atoms with Crippen molar-refractivity contribution in [3.05, 3.63) is 57.3 Å². The molecule has 2 rings (SSSR count). The molecule has 2 aromatic rings. The van der Waals surface area contributed by atoms with Crippen LogP contribution in [0.25, 0.3) is 0 Å². The Kier molecular flexibility index (Phi) is 4.15. The molecule has 1 aromatic heterocycles. The number of nitrogens with zero attached hydrogens (tertiary/aromatic N) is 2. The van der Waals surface area contributed by atoms with Crippen LogP contribution >= 0.6 is 27.5 Å². The van der Waals surface area contributed by atoms with Crippen LogP contribution in [0.2, 0.25) is 5.02 Å². The van der Waals surface area contributed by atoms with E-state index in [0.29, 0.717) is 20.9 Å². The Morgan fingerprint density at radius 3 is 2.84 bits per heavy atom. The molecule has 94 valence electrons. The summed E-state index contributed by atoms with van der Waals surface area (Å²) in [6.07, 6.45) is 1.56. The first kappa shape index (κ1) is 13.5. The van der Waals surface area contributed by atoms with Gasteiger partial charge < -0.3 is 5.32 Å². The van der Waals surface area contributed by atoms with Crippen LogP contribution in [0.15, 0.2) is 41.1 Å². The van der Waals surface area contributed by atoms with Gasteiger partial charge in [-0.15, -0.1) is 0 Å². The van der Waals surface area contributed by atoms with E-state index in [1.54, 1.807) is 24.4 Å². The van der Waals surface area contributed by atoms with E-state index in [9.17, 15) is 4.79 Å². The summed E-state index contributed by atoms with van der Waals surface area (Å²) < 4.78 is 0.613. The predicted molar refractivity (Wildman–Crippen MR) is 76.1 cm³/mol. The minimum absolute atomic E-state index is 0.258. The molecule has 1 heterocycles. The van der Waals surface area contributed by atoms with E-state index < -0.39 is 0 Å². The van der Waals surface area contributed by atoms with Gasteiger partial charge >= 0.3 is 0 Å². The van der Waals surface area contributed by atoms with E-state index in [1.165, 1.54) is 12.1 Å². The summed E-state index contributed by atoms with van der Waals surface area (Å²) >= 11 is 9.17. The molecule has 0 saturated heterocycles. The first-order valence-corrected chi connectivity index (χ1v) is 6.40. The molecule has 0 saturated carbocycles. The zero-order valence-electron chi connectivity index (χ0n) is 9.52. The maximum absolute atomic E-state index is 12.1. The molecule has 4 nitrogen and oxygen atoms in total. The summed E-state index contributed by atoms with van der Waals surface area (Å²) in [5, 5.41) is 11.8. The number of halogens is 2. The number of aromatic nitrogens is 1. The number of anilines is 1. The fourth-order valence-corrected chi connectivity index (χ4v) is 2.02. The quantitative estimate of drug-likeness (QED) is 0.852. The van der Waals surface area contributed by atoms with E-state index in [4.69, 9.17) is 16.9 Å². The molecule has 0 radical (unpaired) electrons. The lowest BCUT2D eigenvalue weighted by atomic mass is 10.1. The Morgan fingerprint density at radius 2 is 2.16 bits per heavy atom. The second-order valence-electron chi connectivity index (χ2n) is 3.63. The number of nitrogens with one attached hydrogen (secondary N) is 1. The summed E-state index contributed by atoms with van der Waals surface area (Å²) in [7, 11) is 0. The predicted octanol–water partition coefficient (Wildman–Crippen LogP) is 3.62. The normalized spacial score (nSPS) is 9.74. The average molecular weight is 337 g/mol. The van der Waals surface area contributed by atoms with Gasteiger partial charge in [0.2, 0.25) is 0 Å². The van der Waals surface area contributed by atoms with Crippen molar-refractivity contribution in [1.29, 1.82) is 5.26 Å². The molecule has 6 heteroatoms. The Morgan fingerprint density at radius 1 is 1.37 bits per heavy atom. The second-order valence-corrected chi connectivity index (χ2v) is 4.85. The van der Waals surface area contributed by atoms with Gasteiger partial charge in [-0.05, 0) is 46.3 Å². The fourth-order valence-electron chi connectivity index (χ4n) is 1.45. The largest absolute Gasteiger partial charge is 0.322 e. The lowest BCUT2D eigenvalue weighted by Gasteiger charge is -2.07. The third-order valence-corrected chi connectivity index (χ3v) is 3.09. The molecule has 19 heavy (non-hydrogen) atoms. The summed E-state index contributed by atoms with van der Waals surface area (Å²) in [5.74, 6) is -0.375. The first-order chi connectivity index (χ1) is 9.10. The zero-order chi connectivity index (χ0) is 13.8. The van der Waals surface area contributed by atoms with Gasteiger partial charge in [-0.2, -0.15) is 5.26 Å². The van der Waals surface area contributed by atoms with Crippen molar-refractivity contribution in [1.82, 2.24) is 4.98 Å². The number of carbonyl (C=O) groups is 1. The number of amides is 1. The summed E-state index contributed by atoms with van der Waals surface area (Å²) in [4.78, 5) is 16.0. The number of benzene rings is 1. The van der Waals surface area contributed by atoms with Crippen LogP contribution < -0.4 is 5.32 Å². The SMILES string of the molecule is N#Cc1ccc(Cl)c(C(=O)Nc2ccnc(Br)c2)c1. The van der Waals surface area contributed by atoms with E-state index in [0.717, 1.165) is 0 Å². The molecular weight excluding hydrogens is 330 g/mol. The molecule has 0 fully saturated rings. The van der Waals surface area contributed by atoms with Crippen LogP contribution in [0.5, 0.6) is 0 Å². The highest BCUT2D eigenvalue weighted by atomic mass is 79.9. The molecule has 0 aliphatic rings. The lowest BCUT2D eigenvalue weighted by Crippen LogP contribution is -2.12. The van der Waals surface area contributed by atoms with Crippen LogP contribution in [0.3, 0.4) is 0 Å². The van der Waals surface area contributed by atoms with E-state index in [1.807, 2.05) is 6.07 Å². The van der Waals surface area contributed by atoms with Crippen LogP contribution in [0.4, 0.5) is 5.69 Å². The minimum atomic E-state index is -0.375. The van der Waals surface area contributed by atoms with E-state index in [-0.39, 0.29) is 11.5 Å². The summed E-state index contributed by atoms with van der Waals surface area (Å²) in [5.41, 5.74) is 1.23. The van der Waals surface area contributed by atoms with Gasteiger partial charge in [0.15, 0.2) is 0 Å². The van der Waals surface area contributed by atoms with Gasteiger partial charge in [-0.1, -0.05) is 11.6 Å². The Hall–Kier alpha value is -1.90. The highest BCUT2D eigenvalue weighted by Crippen LogP contribution is 2.20. The van der Waals surface area contributed by atoms with Gasteiger partial charge in [-0.3, -0.25) is 4.79 Å². The van der Waals surface area contributed by atoms with Crippen molar-refractivity contribution in [3.63, 3.8) is 0 Å². The van der Waals surface area contributed by atoms with Crippen molar-refractivity contribution >= 4 is 39.1 Å². The van der Waals surface area contributed by atoms with Gasteiger partial charge in [0, 0.05) is 11.9 Å². The Balaban J connectivity index is 2.28. The van der Waals surface area contributed by atoms with Crippen molar-refractivity contribution < 1.29 is 4.79 Å². The van der Waals surface area contributed by atoms with Crippen LogP contribution in [-0.2, 0) is 0 Å². The standard InChI is InChI=1S/C13H7BrClN3O/c14-12-6-9(3-4-17-12)18-13(19)10-5-8(7-16)1-2-11(10)15/h1-6H,(H,17,18,19). The van der Waals surface area contributed by atoms with Crippen molar-refractivity contribution in [2.45, 2.75) is 0 Å². The monoisotopic (exact) mass is 335 g/mol. The van der Waals surface area contributed by atoms with E-state index >= 15 is 0 Å². The molecule has 1 aromatic carbocycles. The third kappa shape index (κ3) is 3.31. The molecule has 1 N–H and O–H groups in total. The minimum Gasteiger partial charge on any atom is -0.322 e. The molecule has 0 spiro atoms. The number of carbonyl (C=O) groups excluding carboxylic acids is 1. The molecule has 1 amide bonds. The maximum atomic E-state index is 12.1. The highest BCUT2D eigenvalue weighted by Gasteiger charge is 2.11. The fraction of sp³-hybridized carbons (Fsp3) is 0. The Labute approximate surface area is 123 Å². The number of hydrogen-bond acceptors (Lipinski definition) is 3. The molecular formula is C13H7BrClN3O. The number of hydrogen-bond donors (Lipinski definition) is 1. The average Bonchev–Trinajstić information content (AvgIpc) is 2.39. The topological polar surface area (TPSA) is 65.8 Å². The van der Waals surface area contributed by atoms with Crippen molar-refractivity contribution in [3.8, 4) is 6.07 Å². The van der Waals surface area contributed by atoms with Gasteiger partial charge in [0.25, 0.3) is 5.91 Å². The molecule has 0 atom stereocenters. The third-order valence-electron chi connectivity index (χ3n) is 2.32. The van der Waals surface area contributed by atoms with Crippen LogP contribution in [0, 0.1) is 11.3 Å². The number of rotatable bonds is 2.